The van der Waals surface area contributed by atoms with Crippen molar-refractivity contribution in [3.63, 3.8) is 0 Å². The molecular weight excluding hydrogens is 286 g/mol. The lowest BCUT2D eigenvalue weighted by atomic mass is 9.87. The summed E-state index contributed by atoms with van der Waals surface area (Å²) in [5, 5.41) is 2.74. The Kier molecular flexibility index (Phi) is 4.35. The third kappa shape index (κ3) is 2.61. The summed E-state index contributed by atoms with van der Waals surface area (Å²) in [6, 6.07) is 6.45. The van der Waals surface area contributed by atoms with Crippen LogP contribution in [0.25, 0.3) is 0 Å². The highest BCUT2D eigenvalue weighted by atomic mass is 16.5. The third-order valence-electron chi connectivity index (χ3n) is 3.87. The molecule has 118 valence electrons. The van der Waals surface area contributed by atoms with Gasteiger partial charge in [0.05, 0.1) is 7.11 Å². The van der Waals surface area contributed by atoms with Crippen molar-refractivity contribution in [2.45, 2.75) is 25.3 Å². The van der Waals surface area contributed by atoms with E-state index < -0.39 is 17.5 Å². The Hall–Kier alpha value is -2.57. The van der Waals surface area contributed by atoms with Crippen LogP contribution in [0.15, 0.2) is 24.3 Å². The number of ether oxygens (including phenoxy) is 1. The van der Waals surface area contributed by atoms with E-state index in [2.05, 4.69) is 5.32 Å². The molecule has 0 aliphatic carbocycles. The molecule has 1 fully saturated rings. The first-order valence-electron chi connectivity index (χ1n) is 7.01. The maximum Gasteiger partial charge on any atom is 0.325 e. The predicted molar refractivity (Wildman–Crippen MR) is 79.0 cm³/mol. The molecule has 1 heterocycles. The minimum Gasteiger partial charge on any atom is -0.497 e. The number of nitrogens with one attached hydrogen (secondary N) is 1. The minimum atomic E-state index is -1.11. The molecule has 0 saturated carbocycles. The number of benzene rings is 1. The van der Waals surface area contributed by atoms with Crippen LogP contribution in [0.5, 0.6) is 5.75 Å². The number of hydrogen-bond donors (Lipinski definition) is 2. The normalized spacial score (nSPS) is 20.9. The average molecular weight is 305 g/mol. The number of urea groups is 1. The molecule has 4 amide bonds. The Labute approximate surface area is 128 Å². The number of amides is 4. The van der Waals surface area contributed by atoms with Gasteiger partial charge >= 0.3 is 6.03 Å². The number of nitrogens with two attached hydrogens (primary N) is 1. The van der Waals surface area contributed by atoms with Gasteiger partial charge in [0.25, 0.3) is 5.91 Å². The van der Waals surface area contributed by atoms with Crippen molar-refractivity contribution < 1.29 is 19.1 Å². The van der Waals surface area contributed by atoms with Crippen LogP contribution in [0.2, 0.25) is 0 Å². The Balaban J connectivity index is 2.31. The third-order valence-corrected chi connectivity index (χ3v) is 3.87. The van der Waals surface area contributed by atoms with Crippen LogP contribution < -0.4 is 15.8 Å². The second-order valence-corrected chi connectivity index (χ2v) is 5.09. The number of rotatable bonds is 6. The lowest BCUT2D eigenvalue weighted by molar-refractivity contribution is -0.132. The van der Waals surface area contributed by atoms with Crippen LogP contribution in [0.1, 0.15) is 25.3 Å². The van der Waals surface area contributed by atoms with Gasteiger partial charge in [0.2, 0.25) is 5.91 Å². The molecule has 2 rings (SSSR count). The van der Waals surface area contributed by atoms with Gasteiger partial charge in [-0.1, -0.05) is 19.1 Å². The van der Waals surface area contributed by atoms with Crippen LogP contribution in [-0.2, 0) is 15.1 Å². The highest BCUT2D eigenvalue weighted by Crippen LogP contribution is 2.33. The van der Waals surface area contributed by atoms with Crippen LogP contribution in [-0.4, -0.2) is 36.4 Å². The number of carbonyl (C=O) groups is 3. The van der Waals surface area contributed by atoms with E-state index in [1.165, 1.54) is 0 Å². The number of carbonyl (C=O) groups excluding carboxylic acids is 3. The lowest BCUT2D eigenvalue weighted by Crippen LogP contribution is -2.43. The molecule has 1 atom stereocenters. The van der Waals surface area contributed by atoms with Crippen molar-refractivity contribution in [1.29, 1.82) is 0 Å². The van der Waals surface area contributed by atoms with E-state index in [4.69, 9.17) is 10.5 Å². The summed E-state index contributed by atoms with van der Waals surface area (Å²) in [7, 11) is 1.55. The zero-order valence-corrected chi connectivity index (χ0v) is 12.6. The molecular formula is C15H19N3O4. The van der Waals surface area contributed by atoms with Crippen LogP contribution in [0, 0.1) is 0 Å². The van der Waals surface area contributed by atoms with Crippen molar-refractivity contribution in [2.24, 2.45) is 5.73 Å². The summed E-state index contributed by atoms with van der Waals surface area (Å²) in [5.74, 6) is -0.261. The molecule has 22 heavy (non-hydrogen) atoms. The molecule has 7 heteroatoms. The second kappa shape index (κ2) is 6.05. The molecule has 1 saturated heterocycles. The summed E-state index contributed by atoms with van der Waals surface area (Å²) in [4.78, 5) is 36.7. The first-order chi connectivity index (χ1) is 10.4. The van der Waals surface area contributed by atoms with E-state index in [1.807, 2.05) is 6.92 Å². The molecule has 0 spiro atoms. The van der Waals surface area contributed by atoms with Crippen molar-refractivity contribution >= 4 is 17.8 Å². The predicted octanol–water partition coefficient (Wildman–Crippen LogP) is 0.728. The second-order valence-electron chi connectivity index (χ2n) is 5.09. The standard InChI is InChI=1S/C15H19N3O4/c1-3-15(10-4-6-11(22-2)7-5-10)13(20)18(14(21)17-15)9-8-12(16)19/h4-7H,3,8-9H2,1-2H3,(H2,16,19)(H,17,21). The van der Waals surface area contributed by atoms with Gasteiger partial charge in [-0.15, -0.1) is 0 Å². The summed E-state index contributed by atoms with van der Waals surface area (Å²) < 4.78 is 5.10. The fourth-order valence-electron chi connectivity index (χ4n) is 2.57. The molecule has 0 bridgehead atoms. The molecule has 1 unspecified atom stereocenters. The first kappa shape index (κ1) is 15.8. The summed E-state index contributed by atoms with van der Waals surface area (Å²) in [6.45, 7) is 1.80. The lowest BCUT2D eigenvalue weighted by Gasteiger charge is -2.26. The SMILES string of the molecule is CCC1(c2ccc(OC)cc2)NC(=O)N(CCC(N)=O)C1=O. The number of methoxy groups -OCH3 is 1. The zero-order valence-electron chi connectivity index (χ0n) is 12.6. The van der Waals surface area contributed by atoms with Gasteiger partial charge in [0.1, 0.15) is 11.3 Å². The van der Waals surface area contributed by atoms with Gasteiger partial charge in [-0.2, -0.15) is 0 Å². The highest BCUT2D eigenvalue weighted by Gasteiger charge is 2.50. The van der Waals surface area contributed by atoms with Gasteiger partial charge in [-0.25, -0.2) is 4.79 Å². The fraction of sp³-hybridized carbons (Fsp3) is 0.400. The van der Waals surface area contributed by atoms with Crippen molar-refractivity contribution in [3.8, 4) is 5.75 Å². The molecule has 3 N–H and O–H groups in total. The number of nitrogens with zero attached hydrogens (tertiary/aromatic N) is 1. The van der Waals surface area contributed by atoms with Crippen LogP contribution in [0.4, 0.5) is 4.79 Å². The van der Waals surface area contributed by atoms with Gasteiger partial charge in [0, 0.05) is 13.0 Å². The highest BCUT2D eigenvalue weighted by molar-refractivity contribution is 6.07. The van der Waals surface area contributed by atoms with Crippen LogP contribution in [0.3, 0.4) is 0 Å². The van der Waals surface area contributed by atoms with E-state index in [0.717, 1.165) is 4.90 Å². The number of imide groups is 1. The summed E-state index contributed by atoms with van der Waals surface area (Å²) in [6.07, 6.45) is 0.346. The molecule has 1 aliphatic rings. The molecule has 7 nitrogen and oxygen atoms in total. The number of primary amides is 1. The maximum absolute atomic E-state index is 12.7. The maximum atomic E-state index is 12.7. The summed E-state index contributed by atoms with van der Waals surface area (Å²) in [5.41, 5.74) is 4.65. The number of hydrogen-bond acceptors (Lipinski definition) is 4. The largest absolute Gasteiger partial charge is 0.497 e. The molecule has 0 radical (unpaired) electrons. The Morgan fingerprint density at radius 2 is 1.95 bits per heavy atom. The molecule has 1 aromatic carbocycles. The Bertz CT molecular complexity index is 599. The first-order valence-corrected chi connectivity index (χ1v) is 7.01. The Morgan fingerprint density at radius 3 is 2.45 bits per heavy atom. The van der Waals surface area contributed by atoms with Gasteiger partial charge in [0.15, 0.2) is 0 Å². The molecule has 0 aromatic heterocycles. The minimum absolute atomic E-state index is 0.0160. The quantitative estimate of drug-likeness (QED) is 0.756. The smallest absolute Gasteiger partial charge is 0.325 e. The van der Waals surface area contributed by atoms with Crippen molar-refractivity contribution in [2.75, 3.05) is 13.7 Å². The van der Waals surface area contributed by atoms with E-state index in [-0.39, 0.29) is 18.9 Å². The monoisotopic (exact) mass is 305 g/mol. The van der Waals surface area contributed by atoms with E-state index >= 15 is 0 Å². The molecule has 1 aromatic rings. The van der Waals surface area contributed by atoms with E-state index in [9.17, 15) is 14.4 Å². The van der Waals surface area contributed by atoms with Gasteiger partial charge in [-0.3, -0.25) is 14.5 Å². The average Bonchev–Trinajstić information content (AvgIpc) is 2.76. The Morgan fingerprint density at radius 1 is 1.32 bits per heavy atom. The molecule has 1 aliphatic heterocycles. The summed E-state index contributed by atoms with van der Waals surface area (Å²) >= 11 is 0. The van der Waals surface area contributed by atoms with Gasteiger partial charge in [-0.05, 0) is 24.1 Å². The van der Waals surface area contributed by atoms with Crippen molar-refractivity contribution in [3.05, 3.63) is 29.8 Å². The topological polar surface area (TPSA) is 102 Å². The van der Waals surface area contributed by atoms with Crippen molar-refractivity contribution in [1.82, 2.24) is 10.2 Å². The van der Waals surface area contributed by atoms with E-state index in [0.29, 0.717) is 17.7 Å². The van der Waals surface area contributed by atoms with Gasteiger partial charge < -0.3 is 15.8 Å². The fourth-order valence-corrected chi connectivity index (χ4v) is 2.57. The zero-order chi connectivity index (χ0) is 16.3. The van der Waals surface area contributed by atoms with Crippen LogP contribution >= 0.6 is 0 Å². The van der Waals surface area contributed by atoms with E-state index in [1.54, 1.807) is 31.4 Å².